The van der Waals surface area contributed by atoms with Gasteiger partial charge in [0.25, 0.3) is 0 Å². The Kier molecular flexibility index (Phi) is 3.22. The predicted molar refractivity (Wildman–Crippen MR) is 59.4 cm³/mol. The third kappa shape index (κ3) is 1.99. The summed E-state index contributed by atoms with van der Waals surface area (Å²) in [5.41, 5.74) is 1.30. The molecule has 0 saturated carbocycles. The summed E-state index contributed by atoms with van der Waals surface area (Å²) in [6, 6.07) is 2.38. The summed E-state index contributed by atoms with van der Waals surface area (Å²) < 4.78 is 5.66. The molecule has 0 aliphatic carbocycles. The van der Waals surface area contributed by atoms with E-state index in [0.717, 1.165) is 25.2 Å². The number of rotatable bonds is 3. The fourth-order valence-corrected chi connectivity index (χ4v) is 2.38. The molecule has 0 aromatic carbocycles. The van der Waals surface area contributed by atoms with E-state index in [1.807, 2.05) is 7.05 Å². The van der Waals surface area contributed by atoms with Crippen molar-refractivity contribution in [2.75, 3.05) is 13.7 Å². The minimum atomic E-state index is 0.238. The van der Waals surface area contributed by atoms with Gasteiger partial charge in [-0.15, -0.1) is 0 Å². The molecule has 0 spiro atoms. The molecule has 2 nitrogen and oxygen atoms in total. The maximum atomic E-state index is 5.66. The van der Waals surface area contributed by atoms with Crippen molar-refractivity contribution in [1.82, 2.24) is 5.32 Å². The summed E-state index contributed by atoms with van der Waals surface area (Å²) in [5, 5.41) is 7.55. The van der Waals surface area contributed by atoms with Gasteiger partial charge in [0.15, 0.2) is 0 Å². The SMILES string of the molecule is CNC(C1=CCCCO1)c1ccsc1. The molecule has 76 valence electrons. The minimum Gasteiger partial charge on any atom is -0.496 e. The van der Waals surface area contributed by atoms with Crippen LogP contribution >= 0.6 is 11.3 Å². The molecule has 1 aromatic heterocycles. The lowest BCUT2D eigenvalue weighted by Crippen LogP contribution is -2.21. The lowest BCUT2D eigenvalue weighted by Gasteiger charge is -2.22. The molecule has 1 aliphatic rings. The van der Waals surface area contributed by atoms with E-state index in [4.69, 9.17) is 4.74 Å². The summed E-state index contributed by atoms with van der Waals surface area (Å²) in [6.45, 7) is 0.855. The van der Waals surface area contributed by atoms with E-state index in [2.05, 4.69) is 28.2 Å². The van der Waals surface area contributed by atoms with E-state index in [-0.39, 0.29) is 6.04 Å². The zero-order valence-electron chi connectivity index (χ0n) is 8.32. The van der Waals surface area contributed by atoms with Crippen LogP contribution in [0.25, 0.3) is 0 Å². The van der Waals surface area contributed by atoms with Crippen LogP contribution in [0.1, 0.15) is 24.4 Å². The first-order chi connectivity index (χ1) is 6.92. The number of nitrogens with one attached hydrogen (secondary N) is 1. The van der Waals surface area contributed by atoms with Crippen LogP contribution in [0.2, 0.25) is 0 Å². The zero-order chi connectivity index (χ0) is 9.80. The molecule has 0 bridgehead atoms. The fraction of sp³-hybridized carbons (Fsp3) is 0.455. The molecular formula is C11H15NOS. The van der Waals surface area contributed by atoms with Gasteiger partial charge in [0.2, 0.25) is 0 Å². The second-order valence-electron chi connectivity index (χ2n) is 3.38. The molecule has 0 radical (unpaired) electrons. The Hall–Kier alpha value is -0.800. The van der Waals surface area contributed by atoms with E-state index in [0.29, 0.717) is 0 Å². The molecule has 1 aliphatic heterocycles. The summed E-state index contributed by atoms with van der Waals surface area (Å²) >= 11 is 1.72. The fourth-order valence-electron chi connectivity index (χ4n) is 1.69. The van der Waals surface area contributed by atoms with Crippen molar-refractivity contribution >= 4 is 11.3 Å². The first-order valence-corrected chi connectivity index (χ1v) is 5.88. The highest BCUT2D eigenvalue weighted by molar-refractivity contribution is 7.08. The summed E-state index contributed by atoms with van der Waals surface area (Å²) in [4.78, 5) is 0. The van der Waals surface area contributed by atoms with Gasteiger partial charge in [-0.05, 0) is 48.4 Å². The van der Waals surface area contributed by atoms with Crippen LogP contribution in [0.5, 0.6) is 0 Å². The van der Waals surface area contributed by atoms with Crippen molar-refractivity contribution in [3.63, 3.8) is 0 Å². The van der Waals surface area contributed by atoms with Gasteiger partial charge in [0, 0.05) is 0 Å². The molecule has 0 saturated heterocycles. The van der Waals surface area contributed by atoms with Crippen molar-refractivity contribution in [1.29, 1.82) is 0 Å². The molecule has 1 aromatic rings. The van der Waals surface area contributed by atoms with Crippen molar-refractivity contribution < 1.29 is 4.74 Å². The maximum Gasteiger partial charge on any atom is 0.113 e. The second-order valence-corrected chi connectivity index (χ2v) is 4.16. The van der Waals surface area contributed by atoms with Crippen LogP contribution < -0.4 is 5.32 Å². The molecule has 2 rings (SSSR count). The molecule has 3 heteroatoms. The van der Waals surface area contributed by atoms with Crippen molar-refractivity contribution in [2.45, 2.75) is 18.9 Å². The third-order valence-electron chi connectivity index (χ3n) is 2.41. The van der Waals surface area contributed by atoms with Crippen LogP contribution in [0.4, 0.5) is 0 Å². The van der Waals surface area contributed by atoms with E-state index < -0.39 is 0 Å². The standard InChI is InChI=1S/C11H15NOS/c1-12-11(9-5-7-14-8-9)10-4-2-3-6-13-10/h4-5,7-8,11-12H,2-3,6H2,1H3. The Bertz CT molecular complexity index is 305. The first-order valence-electron chi connectivity index (χ1n) is 4.94. The minimum absolute atomic E-state index is 0.238. The lowest BCUT2D eigenvalue weighted by atomic mass is 10.1. The third-order valence-corrected chi connectivity index (χ3v) is 3.11. The Labute approximate surface area is 88.6 Å². The van der Waals surface area contributed by atoms with Crippen LogP contribution in [0, 0.1) is 0 Å². The number of hydrogen-bond acceptors (Lipinski definition) is 3. The van der Waals surface area contributed by atoms with Crippen LogP contribution in [-0.4, -0.2) is 13.7 Å². The topological polar surface area (TPSA) is 21.3 Å². The van der Waals surface area contributed by atoms with E-state index >= 15 is 0 Å². The van der Waals surface area contributed by atoms with E-state index in [1.165, 1.54) is 5.56 Å². The Morgan fingerprint density at radius 2 is 2.50 bits per heavy atom. The lowest BCUT2D eigenvalue weighted by molar-refractivity contribution is 0.170. The predicted octanol–water partition coefficient (Wildman–Crippen LogP) is 2.70. The summed E-state index contributed by atoms with van der Waals surface area (Å²) in [7, 11) is 1.97. The van der Waals surface area contributed by atoms with Gasteiger partial charge in [-0.2, -0.15) is 11.3 Å². The maximum absolute atomic E-state index is 5.66. The highest BCUT2D eigenvalue weighted by atomic mass is 32.1. The molecular weight excluding hydrogens is 194 g/mol. The molecule has 2 heterocycles. The van der Waals surface area contributed by atoms with Crippen molar-refractivity contribution in [3.05, 3.63) is 34.2 Å². The number of ether oxygens (including phenoxy) is 1. The quantitative estimate of drug-likeness (QED) is 0.826. The number of thiophene rings is 1. The van der Waals surface area contributed by atoms with Gasteiger partial charge in [-0.25, -0.2) is 0 Å². The number of allylic oxidation sites excluding steroid dienone is 1. The van der Waals surface area contributed by atoms with E-state index in [1.54, 1.807) is 11.3 Å². The van der Waals surface area contributed by atoms with Crippen molar-refractivity contribution in [3.8, 4) is 0 Å². The smallest absolute Gasteiger partial charge is 0.113 e. The Balaban J connectivity index is 2.16. The largest absolute Gasteiger partial charge is 0.496 e. The van der Waals surface area contributed by atoms with Crippen molar-refractivity contribution in [2.24, 2.45) is 0 Å². The monoisotopic (exact) mass is 209 g/mol. The summed E-state index contributed by atoms with van der Waals surface area (Å²) in [5.74, 6) is 1.08. The molecule has 1 atom stereocenters. The Morgan fingerprint density at radius 1 is 1.57 bits per heavy atom. The van der Waals surface area contributed by atoms with Crippen LogP contribution in [0.15, 0.2) is 28.7 Å². The highest BCUT2D eigenvalue weighted by Gasteiger charge is 2.17. The summed E-state index contributed by atoms with van der Waals surface area (Å²) in [6.07, 6.45) is 4.48. The first kappa shape index (κ1) is 9.74. The van der Waals surface area contributed by atoms with Gasteiger partial charge in [0.1, 0.15) is 5.76 Å². The average Bonchev–Trinajstić information content (AvgIpc) is 2.74. The number of hydrogen-bond donors (Lipinski definition) is 1. The molecule has 1 unspecified atom stereocenters. The molecule has 1 N–H and O–H groups in total. The van der Waals surface area contributed by atoms with Gasteiger partial charge in [-0.1, -0.05) is 0 Å². The normalized spacial score (nSPS) is 18.5. The van der Waals surface area contributed by atoms with Crippen LogP contribution in [0.3, 0.4) is 0 Å². The van der Waals surface area contributed by atoms with Gasteiger partial charge in [-0.3, -0.25) is 0 Å². The van der Waals surface area contributed by atoms with Gasteiger partial charge < -0.3 is 10.1 Å². The molecule has 0 fully saturated rings. The Morgan fingerprint density at radius 3 is 3.07 bits per heavy atom. The van der Waals surface area contributed by atoms with Gasteiger partial charge >= 0.3 is 0 Å². The van der Waals surface area contributed by atoms with Gasteiger partial charge in [0.05, 0.1) is 12.6 Å². The van der Waals surface area contributed by atoms with E-state index in [9.17, 15) is 0 Å². The average molecular weight is 209 g/mol. The molecule has 0 amide bonds. The zero-order valence-corrected chi connectivity index (χ0v) is 9.14. The number of likely N-dealkylation sites (N-methyl/N-ethyl adjacent to an activating group) is 1. The highest BCUT2D eigenvalue weighted by Crippen LogP contribution is 2.26. The molecule has 14 heavy (non-hydrogen) atoms. The van der Waals surface area contributed by atoms with Crippen LogP contribution in [-0.2, 0) is 4.74 Å². The second kappa shape index (κ2) is 4.62.